The molecule has 1 saturated heterocycles. The molecule has 6 heteroatoms. The molecule has 1 aromatic carbocycles. The van der Waals surface area contributed by atoms with E-state index in [1.54, 1.807) is 13.3 Å². The number of aromatic nitrogens is 2. The molecule has 1 fully saturated rings. The Morgan fingerprint density at radius 2 is 2.00 bits per heavy atom. The van der Waals surface area contributed by atoms with Crippen LogP contribution in [0.25, 0.3) is 5.69 Å². The second-order valence-corrected chi connectivity index (χ2v) is 9.33. The van der Waals surface area contributed by atoms with Crippen LogP contribution in [0.3, 0.4) is 0 Å². The maximum absolute atomic E-state index is 13.1. The second kappa shape index (κ2) is 8.58. The Bertz CT molecular complexity index is 1140. The topological polar surface area (TPSA) is 59.4 Å². The summed E-state index contributed by atoms with van der Waals surface area (Å²) < 4.78 is 7.86. The highest BCUT2D eigenvalue weighted by atomic mass is 16.5. The number of carbonyl (C=O) groups is 1. The van der Waals surface area contributed by atoms with Gasteiger partial charge in [0.05, 0.1) is 19.0 Å². The summed E-state index contributed by atoms with van der Waals surface area (Å²) in [6.07, 6.45) is 7.97. The Hall–Kier alpha value is -3.28. The van der Waals surface area contributed by atoms with Gasteiger partial charge in [0, 0.05) is 43.1 Å². The van der Waals surface area contributed by atoms with E-state index in [9.17, 15) is 4.79 Å². The van der Waals surface area contributed by atoms with Gasteiger partial charge in [-0.25, -0.2) is 4.98 Å². The van der Waals surface area contributed by atoms with Crippen molar-refractivity contribution in [3.05, 3.63) is 71.8 Å². The van der Waals surface area contributed by atoms with Crippen LogP contribution < -0.4 is 10.1 Å². The number of nitrogens with one attached hydrogen (secondary N) is 1. The van der Waals surface area contributed by atoms with Gasteiger partial charge in [0.25, 0.3) is 5.91 Å². The number of rotatable bonds is 3. The van der Waals surface area contributed by atoms with Gasteiger partial charge in [0.2, 0.25) is 0 Å². The molecule has 6 nitrogen and oxygen atoms in total. The number of anilines is 1. The number of pyridine rings is 1. The number of nitrogens with zero attached hydrogens (tertiary/aromatic N) is 3. The predicted molar refractivity (Wildman–Crippen MR) is 130 cm³/mol. The number of likely N-dealkylation sites (tertiary alicyclic amines) is 1. The molecule has 1 amide bonds. The molecular formula is C27H32N4O2. The number of hydrogen-bond acceptors (Lipinski definition) is 4. The molecule has 172 valence electrons. The number of benzene rings is 1. The van der Waals surface area contributed by atoms with E-state index in [2.05, 4.69) is 52.3 Å². The summed E-state index contributed by atoms with van der Waals surface area (Å²) in [4.78, 5) is 19.5. The first-order valence-electron chi connectivity index (χ1n) is 11.8. The van der Waals surface area contributed by atoms with E-state index in [1.165, 1.54) is 16.9 Å². The van der Waals surface area contributed by atoms with Crippen LogP contribution in [0.1, 0.15) is 47.9 Å². The van der Waals surface area contributed by atoms with Crippen molar-refractivity contribution in [3.63, 3.8) is 0 Å². The summed E-state index contributed by atoms with van der Waals surface area (Å²) in [6.45, 7) is 3.89. The first-order valence-corrected chi connectivity index (χ1v) is 11.8. The summed E-state index contributed by atoms with van der Waals surface area (Å²) in [5, 5.41) is 3.05. The molecule has 4 heterocycles. The maximum Gasteiger partial charge on any atom is 0.272 e. The summed E-state index contributed by atoms with van der Waals surface area (Å²) >= 11 is 0. The fourth-order valence-corrected chi connectivity index (χ4v) is 5.71. The second-order valence-electron chi connectivity index (χ2n) is 9.33. The zero-order valence-corrected chi connectivity index (χ0v) is 19.7. The lowest BCUT2D eigenvalue weighted by atomic mass is 9.65. The molecule has 0 bridgehead atoms. The third-order valence-corrected chi connectivity index (χ3v) is 7.81. The van der Waals surface area contributed by atoms with Gasteiger partial charge in [0.1, 0.15) is 11.4 Å². The van der Waals surface area contributed by atoms with E-state index in [1.807, 2.05) is 30.1 Å². The van der Waals surface area contributed by atoms with Crippen molar-refractivity contribution in [3.8, 4) is 11.4 Å². The molecule has 5 rings (SSSR count). The van der Waals surface area contributed by atoms with Crippen LogP contribution >= 0.6 is 0 Å². The quantitative estimate of drug-likeness (QED) is 0.637. The van der Waals surface area contributed by atoms with Gasteiger partial charge in [-0.1, -0.05) is 6.92 Å². The molecule has 1 spiro atoms. The SMILES string of the molecule is CNc1ccc(C(=O)N2CCC3(CC2)c2cccn2-c2ccc(OC)cc2CCC3C)nc1. The van der Waals surface area contributed by atoms with Crippen molar-refractivity contribution in [1.29, 1.82) is 0 Å². The average molecular weight is 445 g/mol. The van der Waals surface area contributed by atoms with Crippen LogP contribution in [0, 0.1) is 5.92 Å². The minimum Gasteiger partial charge on any atom is -0.497 e. The van der Waals surface area contributed by atoms with Crippen molar-refractivity contribution >= 4 is 11.6 Å². The van der Waals surface area contributed by atoms with Gasteiger partial charge < -0.3 is 19.5 Å². The first kappa shape index (κ1) is 21.6. The van der Waals surface area contributed by atoms with Crippen LogP contribution in [-0.2, 0) is 11.8 Å². The molecule has 1 unspecified atom stereocenters. The molecule has 2 aliphatic heterocycles. The third kappa shape index (κ3) is 3.67. The molecule has 0 aliphatic carbocycles. The summed E-state index contributed by atoms with van der Waals surface area (Å²) in [6, 6.07) is 14.6. The van der Waals surface area contributed by atoms with Gasteiger partial charge in [-0.15, -0.1) is 0 Å². The van der Waals surface area contributed by atoms with Crippen molar-refractivity contribution < 1.29 is 9.53 Å². The van der Waals surface area contributed by atoms with E-state index in [0.717, 1.165) is 50.2 Å². The largest absolute Gasteiger partial charge is 0.497 e. The van der Waals surface area contributed by atoms with Crippen LogP contribution in [0.15, 0.2) is 54.9 Å². The Morgan fingerprint density at radius 1 is 1.18 bits per heavy atom. The van der Waals surface area contributed by atoms with Gasteiger partial charge in [-0.05, 0) is 79.6 Å². The molecule has 1 N–H and O–H groups in total. The average Bonchev–Trinajstić information content (AvgIpc) is 3.36. The predicted octanol–water partition coefficient (Wildman–Crippen LogP) is 4.68. The lowest BCUT2D eigenvalue weighted by Crippen LogP contribution is -2.49. The number of ether oxygens (including phenoxy) is 1. The van der Waals surface area contributed by atoms with Gasteiger partial charge in [-0.2, -0.15) is 0 Å². The highest BCUT2D eigenvalue weighted by Gasteiger charge is 2.44. The molecule has 2 aliphatic rings. The Kier molecular flexibility index (Phi) is 5.60. The number of amides is 1. The molecule has 1 atom stereocenters. The zero-order valence-electron chi connectivity index (χ0n) is 19.7. The van der Waals surface area contributed by atoms with E-state index >= 15 is 0 Å². The molecule has 0 saturated carbocycles. The molecule has 0 radical (unpaired) electrons. The molecular weight excluding hydrogens is 412 g/mol. The normalized spacial score (nSPS) is 19.2. The minimum absolute atomic E-state index is 0.0267. The standard InChI is InChI=1S/C27H32N4O2/c1-19-6-7-20-17-22(33-3)9-11-24(20)31-14-4-5-25(31)27(19)12-15-30(16-13-27)26(32)23-10-8-21(28-2)18-29-23/h4-5,8-11,14,17-19,28H,6-7,12-13,15-16H2,1-3H3. The fraction of sp³-hybridized carbons (Fsp3) is 0.407. The lowest BCUT2D eigenvalue weighted by molar-refractivity contribution is 0.0594. The summed E-state index contributed by atoms with van der Waals surface area (Å²) in [5.41, 5.74) is 5.42. The minimum atomic E-state index is 0.0267. The monoisotopic (exact) mass is 444 g/mol. The van der Waals surface area contributed by atoms with Crippen molar-refractivity contribution in [1.82, 2.24) is 14.5 Å². The number of methoxy groups -OCH3 is 1. The summed E-state index contributed by atoms with van der Waals surface area (Å²) in [5.74, 6) is 1.45. The first-order chi connectivity index (χ1) is 16.1. The zero-order chi connectivity index (χ0) is 23.0. The van der Waals surface area contributed by atoms with Crippen molar-refractivity contribution in [2.45, 2.75) is 38.0 Å². The van der Waals surface area contributed by atoms with Crippen LogP contribution in [0.4, 0.5) is 5.69 Å². The Morgan fingerprint density at radius 3 is 2.70 bits per heavy atom. The molecule has 3 aromatic rings. The fourth-order valence-electron chi connectivity index (χ4n) is 5.71. The number of hydrogen-bond donors (Lipinski definition) is 1. The Balaban J connectivity index is 1.43. The smallest absolute Gasteiger partial charge is 0.272 e. The number of piperidine rings is 1. The highest BCUT2D eigenvalue weighted by molar-refractivity contribution is 5.92. The lowest BCUT2D eigenvalue weighted by Gasteiger charge is -2.47. The van der Waals surface area contributed by atoms with Gasteiger partial charge >= 0.3 is 0 Å². The van der Waals surface area contributed by atoms with Crippen LogP contribution in [0.2, 0.25) is 0 Å². The Labute approximate surface area is 195 Å². The van der Waals surface area contributed by atoms with Gasteiger partial charge in [-0.3, -0.25) is 4.79 Å². The van der Waals surface area contributed by atoms with Gasteiger partial charge in [0.15, 0.2) is 0 Å². The van der Waals surface area contributed by atoms with E-state index < -0.39 is 0 Å². The third-order valence-electron chi connectivity index (χ3n) is 7.81. The summed E-state index contributed by atoms with van der Waals surface area (Å²) in [7, 11) is 3.58. The molecule has 33 heavy (non-hydrogen) atoms. The van der Waals surface area contributed by atoms with E-state index in [0.29, 0.717) is 11.6 Å². The molecule has 2 aromatic heterocycles. The van der Waals surface area contributed by atoms with Crippen LogP contribution in [-0.4, -0.2) is 47.6 Å². The number of aryl methyl sites for hydroxylation is 1. The van der Waals surface area contributed by atoms with Crippen molar-refractivity contribution in [2.24, 2.45) is 5.92 Å². The maximum atomic E-state index is 13.1. The van der Waals surface area contributed by atoms with E-state index in [-0.39, 0.29) is 11.3 Å². The van der Waals surface area contributed by atoms with E-state index in [4.69, 9.17) is 4.74 Å². The highest BCUT2D eigenvalue weighted by Crippen LogP contribution is 2.46. The van der Waals surface area contributed by atoms with Crippen molar-refractivity contribution in [2.75, 3.05) is 32.6 Å². The number of fused-ring (bicyclic) bond motifs is 4. The number of carbonyl (C=O) groups excluding carboxylic acids is 1. The van der Waals surface area contributed by atoms with Crippen LogP contribution in [0.5, 0.6) is 5.75 Å².